The molecule has 0 aromatic carbocycles. The summed E-state index contributed by atoms with van der Waals surface area (Å²) < 4.78 is 12.1. The summed E-state index contributed by atoms with van der Waals surface area (Å²) in [6.07, 6.45) is 13.1. The summed E-state index contributed by atoms with van der Waals surface area (Å²) in [4.78, 5) is 14.3. The molecule has 0 bridgehead atoms. The third-order valence-corrected chi connectivity index (χ3v) is 5.94. The smallest absolute Gasteiger partial charge is 0.248 e. The second-order valence-electron chi connectivity index (χ2n) is 7.73. The highest BCUT2D eigenvalue weighted by atomic mass is 16.5. The summed E-state index contributed by atoms with van der Waals surface area (Å²) in [5.74, 6) is 0.768. The number of amides is 1. The largest absolute Gasteiger partial charge is 0.375 e. The van der Waals surface area contributed by atoms with Crippen LogP contribution in [0.3, 0.4) is 0 Å². The van der Waals surface area contributed by atoms with Gasteiger partial charge in [0, 0.05) is 13.1 Å². The molecule has 1 amide bonds. The summed E-state index contributed by atoms with van der Waals surface area (Å²) in [5.41, 5.74) is 0. The third-order valence-electron chi connectivity index (χ3n) is 5.94. The lowest BCUT2D eigenvalue weighted by Crippen LogP contribution is -2.44. The first-order valence-electron chi connectivity index (χ1n) is 9.77. The monoisotopic (exact) mass is 323 g/mol. The Morgan fingerprint density at radius 3 is 2.22 bits per heavy atom. The molecular formula is C19H33NO3. The predicted octanol–water partition coefficient (Wildman–Crippen LogP) is 3.53. The van der Waals surface area contributed by atoms with Crippen LogP contribution in [-0.2, 0) is 14.3 Å². The average Bonchev–Trinajstić information content (AvgIpc) is 3.07. The number of likely N-dealkylation sites (tertiary alicyclic amines) is 1. The molecule has 23 heavy (non-hydrogen) atoms. The number of rotatable bonds is 5. The summed E-state index contributed by atoms with van der Waals surface area (Å²) in [7, 11) is 0. The van der Waals surface area contributed by atoms with Gasteiger partial charge in [-0.2, -0.15) is 0 Å². The van der Waals surface area contributed by atoms with Gasteiger partial charge in [-0.3, -0.25) is 4.79 Å². The van der Waals surface area contributed by atoms with Gasteiger partial charge in [0.05, 0.1) is 18.3 Å². The normalized spacial score (nSPS) is 30.7. The Kier molecular flexibility index (Phi) is 6.35. The van der Waals surface area contributed by atoms with E-state index in [0.29, 0.717) is 18.1 Å². The number of carbonyl (C=O) groups is 1. The van der Waals surface area contributed by atoms with E-state index in [-0.39, 0.29) is 18.6 Å². The number of carbonyl (C=O) groups excluding carboxylic acids is 1. The Labute approximate surface area is 140 Å². The minimum Gasteiger partial charge on any atom is -0.375 e. The summed E-state index contributed by atoms with van der Waals surface area (Å²) >= 11 is 0. The van der Waals surface area contributed by atoms with E-state index in [4.69, 9.17) is 9.47 Å². The molecule has 0 radical (unpaired) electrons. The first kappa shape index (κ1) is 17.2. The number of hydrogen-bond acceptors (Lipinski definition) is 3. The molecule has 132 valence electrons. The maximum absolute atomic E-state index is 12.4. The molecule has 0 N–H and O–H groups in total. The van der Waals surface area contributed by atoms with Crippen LogP contribution in [-0.4, -0.2) is 48.8 Å². The van der Waals surface area contributed by atoms with Crippen LogP contribution in [0, 0.1) is 5.92 Å². The quantitative estimate of drug-likeness (QED) is 0.777. The van der Waals surface area contributed by atoms with Gasteiger partial charge in [0.2, 0.25) is 5.91 Å². The van der Waals surface area contributed by atoms with Crippen LogP contribution in [0.5, 0.6) is 0 Å². The van der Waals surface area contributed by atoms with Crippen LogP contribution in [0.4, 0.5) is 0 Å². The van der Waals surface area contributed by atoms with Crippen molar-refractivity contribution in [3.63, 3.8) is 0 Å². The van der Waals surface area contributed by atoms with E-state index in [1.807, 2.05) is 4.90 Å². The zero-order valence-corrected chi connectivity index (χ0v) is 14.7. The molecule has 0 spiro atoms. The zero-order valence-electron chi connectivity index (χ0n) is 14.7. The van der Waals surface area contributed by atoms with E-state index in [9.17, 15) is 4.79 Å². The maximum atomic E-state index is 12.4. The predicted molar refractivity (Wildman–Crippen MR) is 90.3 cm³/mol. The molecule has 0 aromatic rings. The number of hydrogen-bond donors (Lipinski definition) is 0. The van der Waals surface area contributed by atoms with Crippen molar-refractivity contribution in [1.29, 1.82) is 0 Å². The minimum atomic E-state index is 0.169. The molecule has 0 unspecified atom stereocenters. The van der Waals surface area contributed by atoms with Crippen molar-refractivity contribution < 1.29 is 14.3 Å². The lowest BCUT2D eigenvalue weighted by atomic mass is 9.88. The fourth-order valence-electron chi connectivity index (χ4n) is 4.34. The molecule has 2 aliphatic carbocycles. The number of piperidine rings is 1. The second kappa shape index (κ2) is 8.48. The van der Waals surface area contributed by atoms with Crippen molar-refractivity contribution in [3.8, 4) is 0 Å². The molecule has 0 aromatic heterocycles. The summed E-state index contributed by atoms with van der Waals surface area (Å²) in [6, 6.07) is 0. The lowest BCUT2D eigenvalue weighted by Gasteiger charge is -2.34. The van der Waals surface area contributed by atoms with E-state index < -0.39 is 0 Å². The molecule has 2 atom stereocenters. The van der Waals surface area contributed by atoms with Gasteiger partial charge in [0.25, 0.3) is 0 Å². The van der Waals surface area contributed by atoms with E-state index in [0.717, 1.165) is 32.4 Å². The van der Waals surface area contributed by atoms with Crippen molar-refractivity contribution in [1.82, 2.24) is 4.90 Å². The molecule has 2 saturated carbocycles. The van der Waals surface area contributed by atoms with Gasteiger partial charge in [0.15, 0.2) is 0 Å². The minimum absolute atomic E-state index is 0.169. The Bertz CT molecular complexity index is 373. The van der Waals surface area contributed by atoms with Crippen molar-refractivity contribution in [3.05, 3.63) is 0 Å². The van der Waals surface area contributed by atoms with Crippen LogP contribution in [0.25, 0.3) is 0 Å². The lowest BCUT2D eigenvalue weighted by molar-refractivity contribution is -0.143. The number of nitrogens with zero attached hydrogens (tertiary/aromatic N) is 1. The van der Waals surface area contributed by atoms with Gasteiger partial charge in [-0.15, -0.1) is 0 Å². The fourth-order valence-corrected chi connectivity index (χ4v) is 4.34. The molecule has 1 aliphatic heterocycles. The van der Waals surface area contributed by atoms with Gasteiger partial charge in [-0.05, 0) is 44.4 Å². The molecule has 1 heterocycles. The van der Waals surface area contributed by atoms with Crippen LogP contribution < -0.4 is 0 Å². The Balaban J connectivity index is 1.34. The van der Waals surface area contributed by atoms with E-state index >= 15 is 0 Å². The molecular weight excluding hydrogens is 290 g/mol. The van der Waals surface area contributed by atoms with E-state index in [1.54, 1.807) is 0 Å². The standard InChI is InChI=1S/C19H33NO3/c1-15-6-2-5-9-18(15)22-14-19(21)20-12-10-17(11-13-20)23-16-7-3-4-8-16/h15-18H,2-14H2,1H3/t15-,18-/m0/s1. The first-order valence-corrected chi connectivity index (χ1v) is 9.77. The molecule has 3 fully saturated rings. The van der Waals surface area contributed by atoms with Gasteiger partial charge < -0.3 is 14.4 Å². The second-order valence-corrected chi connectivity index (χ2v) is 7.73. The Morgan fingerprint density at radius 2 is 1.52 bits per heavy atom. The van der Waals surface area contributed by atoms with Gasteiger partial charge in [-0.25, -0.2) is 0 Å². The van der Waals surface area contributed by atoms with Crippen molar-refractivity contribution in [2.24, 2.45) is 5.92 Å². The highest BCUT2D eigenvalue weighted by Crippen LogP contribution is 2.27. The molecule has 4 heteroatoms. The highest BCUT2D eigenvalue weighted by molar-refractivity contribution is 5.77. The Morgan fingerprint density at radius 1 is 0.913 bits per heavy atom. The summed E-state index contributed by atoms with van der Waals surface area (Å²) in [6.45, 7) is 4.18. The van der Waals surface area contributed by atoms with Gasteiger partial charge >= 0.3 is 0 Å². The van der Waals surface area contributed by atoms with Crippen LogP contribution in [0.15, 0.2) is 0 Å². The summed E-state index contributed by atoms with van der Waals surface area (Å²) in [5, 5.41) is 0. The van der Waals surface area contributed by atoms with Crippen molar-refractivity contribution >= 4 is 5.91 Å². The number of ether oxygens (including phenoxy) is 2. The van der Waals surface area contributed by atoms with E-state index in [2.05, 4.69) is 6.92 Å². The third kappa shape index (κ3) is 4.93. The highest BCUT2D eigenvalue weighted by Gasteiger charge is 2.28. The topological polar surface area (TPSA) is 38.8 Å². The van der Waals surface area contributed by atoms with Gasteiger partial charge in [0.1, 0.15) is 6.61 Å². The van der Waals surface area contributed by atoms with Crippen molar-refractivity contribution in [2.75, 3.05) is 19.7 Å². The molecule has 3 aliphatic rings. The zero-order chi connectivity index (χ0) is 16.1. The Hall–Kier alpha value is -0.610. The van der Waals surface area contributed by atoms with Crippen LogP contribution in [0.2, 0.25) is 0 Å². The first-order chi connectivity index (χ1) is 11.2. The van der Waals surface area contributed by atoms with Crippen LogP contribution >= 0.6 is 0 Å². The van der Waals surface area contributed by atoms with E-state index in [1.165, 1.54) is 44.9 Å². The van der Waals surface area contributed by atoms with Gasteiger partial charge in [-0.1, -0.05) is 32.6 Å². The van der Waals surface area contributed by atoms with Crippen LogP contribution in [0.1, 0.15) is 71.1 Å². The molecule has 4 nitrogen and oxygen atoms in total. The average molecular weight is 323 g/mol. The fraction of sp³-hybridized carbons (Fsp3) is 0.947. The maximum Gasteiger partial charge on any atom is 0.248 e. The van der Waals surface area contributed by atoms with Crippen molar-refractivity contribution in [2.45, 2.75) is 89.4 Å². The molecule has 3 rings (SSSR count). The molecule has 1 saturated heterocycles. The SMILES string of the molecule is C[C@H]1CCCC[C@@H]1OCC(=O)N1CCC(OC2CCCC2)CC1.